The maximum atomic E-state index is 13.3. The Morgan fingerprint density at radius 1 is 1.29 bits per heavy atom. The minimum Gasteiger partial charge on any atom is -0.449 e. The molecule has 0 aliphatic carbocycles. The van der Waals surface area contributed by atoms with Crippen molar-refractivity contribution in [3.8, 4) is 0 Å². The normalized spacial score (nSPS) is 11.6. The third kappa shape index (κ3) is 5.16. The molecule has 1 aromatic heterocycles. The molecule has 0 aliphatic rings. The summed E-state index contributed by atoms with van der Waals surface area (Å²) in [4.78, 5) is 38.8. The molecule has 2 amide bonds. The second kappa shape index (κ2) is 8.97. The van der Waals surface area contributed by atoms with Crippen molar-refractivity contribution in [3.63, 3.8) is 0 Å². The van der Waals surface area contributed by atoms with Gasteiger partial charge in [-0.25, -0.2) is 9.18 Å². The summed E-state index contributed by atoms with van der Waals surface area (Å²) < 4.78 is 18.7. The SMILES string of the molecule is CC(=O)Nc1sc(C)c(C)c1C(=O)O[C@@H](C)C(=O)N(C)Cc1cccc(F)c1. The summed E-state index contributed by atoms with van der Waals surface area (Å²) in [6, 6.07) is 5.95. The number of thiophene rings is 1. The third-order valence-corrected chi connectivity index (χ3v) is 5.32. The van der Waals surface area contributed by atoms with Gasteiger partial charge in [-0.2, -0.15) is 0 Å². The van der Waals surface area contributed by atoms with Gasteiger partial charge in [-0.15, -0.1) is 11.3 Å². The highest BCUT2D eigenvalue weighted by molar-refractivity contribution is 7.16. The molecule has 28 heavy (non-hydrogen) atoms. The van der Waals surface area contributed by atoms with Gasteiger partial charge in [-0.1, -0.05) is 12.1 Å². The number of hydrogen-bond acceptors (Lipinski definition) is 5. The van der Waals surface area contributed by atoms with Gasteiger partial charge in [0.05, 0.1) is 5.56 Å². The van der Waals surface area contributed by atoms with Gasteiger partial charge in [0, 0.05) is 25.4 Å². The van der Waals surface area contributed by atoms with Crippen LogP contribution in [0.25, 0.3) is 0 Å². The molecule has 150 valence electrons. The number of amides is 2. The lowest BCUT2D eigenvalue weighted by molar-refractivity contribution is -0.139. The zero-order chi connectivity index (χ0) is 21.0. The van der Waals surface area contributed by atoms with Gasteiger partial charge >= 0.3 is 5.97 Å². The van der Waals surface area contributed by atoms with Crippen LogP contribution in [0, 0.1) is 19.7 Å². The molecule has 1 N–H and O–H groups in total. The average Bonchev–Trinajstić information content (AvgIpc) is 2.87. The summed E-state index contributed by atoms with van der Waals surface area (Å²) in [5.41, 5.74) is 1.59. The van der Waals surface area contributed by atoms with E-state index in [4.69, 9.17) is 4.74 Å². The number of esters is 1. The van der Waals surface area contributed by atoms with E-state index in [-0.39, 0.29) is 23.8 Å². The van der Waals surface area contributed by atoms with Crippen LogP contribution in [-0.4, -0.2) is 35.8 Å². The van der Waals surface area contributed by atoms with E-state index in [1.54, 1.807) is 26.1 Å². The van der Waals surface area contributed by atoms with Crippen LogP contribution in [0.15, 0.2) is 24.3 Å². The highest BCUT2D eigenvalue weighted by Crippen LogP contribution is 2.33. The molecule has 1 heterocycles. The highest BCUT2D eigenvalue weighted by Gasteiger charge is 2.27. The Labute approximate surface area is 167 Å². The van der Waals surface area contributed by atoms with Gasteiger partial charge in [0.1, 0.15) is 10.8 Å². The standard InChI is InChI=1S/C20H23FN2O4S/c1-11-13(3)28-18(22-14(4)24)17(11)20(26)27-12(2)19(25)23(5)10-15-7-6-8-16(21)9-15/h6-9,12H,10H2,1-5H3,(H,22,24)/t12-/m0/s1. The predicted octanol–water partition coefficient (Wildman–Crippen LogP) is 3.67. The van der Waals surface area contributed by atoms with Gasteiger partial charge in [-0.05, 0) is 44.0 Å². The van der Waals surface area contributed by atoms with Gasteiger partial charge in [0.25, 0.3) is 5.91 Å². The quantitative estimate of drug-likeness (QED) is 0.743. The summed E-state index contributed by atoms with van der Waals surface area (Å²) in [5.74, 6) is -1.77. The number of nitrogens with zero attached hydrogens (tertiary/aromatic N) is 1. The van der Waals surface area contributed by atoms with E-state index in [9.17, 15) is 18.8 Å². The maximum absolute atomic E-state index is 13.3. The minimum absolute atomic E-state index is 0.187. The highest BCUT2D eigenvalue weighted by atomic mass is 32.1. The Balaban J connectivity index is 2.09. The summed E-state index contributed by atoms with van der Waals surface area (Å²) in [6.45, 7) is 6.62. The lowest BCUT2D eigenvalue weighted by atomic mass is 10.1. The molecule has 0 spiro atoms. The van der Waals surface area contributed by atoms with E-state index in [0.29, 0.717) is 16.1 Å². The number of benzene rings is 1. The number of nitrogens with one attached hydrogen (secondary N) is 1. The Bertz CT molecular complexity index is 910. The second-order valence-electron chi connectivity index (χ2n) is 6.54. The van der Waals surface area contributed by atoms with E-state index in [0.717, 1.165) is 4.88 Å². The molecule has 1 aromatic carbocycles. The van der Waals surface area contributed by atoms with Crippen LogP contribution >= 0.6 is 11.3 Å². The first-order chi connectivity index (χ1) is 13.1. The molecule has 1 atom stereocenters. The van der Waals surface area contributed by atoms with Crippen molar-refractivity contribution in [2.45, 2.75) is 40.3 Å². The van der Waals surface area contributed by atoms with E-state index >= 15 is 0 Å². The lowest BCUT2D eigenvalue weighted by Gasteiger charge is -2.22. The Kier molecular flexibility index (Phi) is 6.90. The number of hydrogen-bond donors (Lipinski definition) is 1. The largest absolute Gasteiger partial charge is 0.449 e. The number of aryl methyl sites for hydroxylation is 1. The third-order valence-electron chi connectivity index (χ3n) is 4.20. The first-order valence-corrected chi connectivity index (χ1v) is 9.49. The average molecular weight is 406 g/mol. The van der Waals surface area contributed by atoms with Crippen molar-refractivity contribution in [3.05, 3.63) is 51.7 Å². The molecule has 0 saturated heterocycles. The number of likely N-dealkylation sites (N-methyl/N-ethyl adjacent to an activating group) is 1. The summed E-state index contributed by atoms with van der Waals surface area (Å²) in [7, 11) is 1.56. The first-order valence-electron chi connectivity index (χ1n) is 8.68. The minimum atomic E-state index is -1.03. The van der Waals surface area contributed by atoms with Crippen molar-refractivity contribution < 1.29 is 23.5 Å². The number of anilines is 1. The summed E-state index contributed by atoms with van der Waals surface area (Å²) >= 11 is 1.28. The van der Waals surface area contributed by atoms with Crippen LogP contribution < -0.4 is 5.32 Å². The van der Waals surface area contributed by atoms with Gasteiger partial charge in [-0.3, -0.25) is 9.59 Å². The van der Waals surface area contributed by atoms with E-state index < -0.39 is 18.0 Å². The Hall–Kier alpha value is -2.74. The molecule has 6 nitrogen and oxygen atoms in total. The molecule has 0 fully saturated rings. The number of halogens is 1. The first kappa shape index (κ1) is 21.6. The molecular formula is C20H23FN2O4S. The number of rotatable bonds is 6. The molecule has 0 aliphatic heterocycles. The van der Waals surface area contributed by atoms with Crippen molar-refractivity contribution in [1.29, 1.82) is 0 Å². The summed E-state index contributed by atoms with van der Waals surface area (Å²) in [6.07, 6.45) is -1.03. The number of ether oxygens (including phenoxy) is 1. The molecule has 0 unspecified atom stereocenters. The van der Waals surface area contributed by atoms with Crippen LogP contribution in [-0.2, 0) is 20.9 Å². The van der Waals surface area contributed by atoms with Crippen LogP contribution in [0.4, 0.5) is 9.39 Å². The number of carbonyl (C=O) groups excluding carboxylic acids is 3. The molecule has 0 bridgehead atoms. The molecule has 0 radical (unpaired) electrons. The van der Waals surface area contributed by atoms with E-state index in [1.807, 2.05) is 6.92 Å². The van der Waals surface area contributed by atoms with Crippen LogP contribution in [0.3, 0.4) is 0 Å². The van der Waals surface area contributed by atoms with Gasteiger partial charge in [0.2, 0.25) is 5.91 Å². The predicted molar refractivity (Wildman–Crippen MR) is 106 cm³/mol. The molecule has 8 heteroatoms. The molecule has 2 rings (SSSR count). The zero-order valence-corrected chi connectivity index (χ0v) is 17.3. The Morgan fingerprint density at radius 3 is 2.57 bits per heavy atom. The van der Waals surface area contributed by atoms with Crippen molar-refractivity contribution in [1.82, 2.24) is 4.90 Å². The number of carbonyl (C=O) groups is 3. The van der Waals surface area contributed by atoms with Crippen molar-refractivity contribution in [2.75, 3.05) is 12.4 Å². The second-order valence-corrected chi connectivity index (χ2v) is 7.77. The molecular weight excluding hydrogens is 383 g/mol. The maximum Gasteiger partial charge on any atom is 0.342 e. The van der Waals surface area contributed by atoms with Crippen LogP contribution in [0.2, 0.25) is 0 Å². The Morgan fingerprint density at radius 2 is 1.96 bits per heavy atom. The lowest BCUT2D eigenvalue weighted by Crippen LogP contribution is -2.37. The fraction of sp³-hybridized carbons (Fsp3) is 0.350. The van der Waals surface area contributed by atoms with Crippen LogP contribution in [0.1, 0.15) is 40.2 Å². The fourth-order valence-electron chi connectivity index (χ4n) is 2.69. The van der Waals surface area contributed by atoms with Crippen LogP contribution in [0.5, 0.6) is 0 Å². The van der Waals surface area contributed by atoms with Gasteiger partial charge < -0.3 is 15.0 Å². The summed E-state index contributed by atoms with van der Waals surface area (Å²) in [5, 5.41) is 3.03. The molecule has 0 saturated carbocycles. The monoisotopic (exact) mass is 406 g/mol. The van der Waals surface area contributed by atoms with Gasteiger partial charge in [0.15, 0.2) is 6.10 Å². The van der Waals surface area contributed by atoms with Crippen molar-refractivity contribution >= 4 is 34.1 Å². The van der Waals surface area contributed by atoms with Crippen molar-refractivity contribution in [2.24, 2.45) is 0 Å². The molecule has 2 aromatic rings. The fourth-order valence-corrected chi connectivity index (χ4v) is 3.78. The van der Waals surface area contributed by atoms with E-state index in [1.165, 1.54) is 42.2 Å². The smallest absolute Gasteiger partial charge is 0.342 e. The topological polar surface area (TPSA) is 75.7 Å². The zero-order valence-electron chi connectivity index (χ0n) is 16.5. The van der Waals surface area contributed by atoms with E-state index in [2.05, 4.69) is 5.32 Å².